The number of hydrazine groups is 1. The topological polar surface area (TPSA) is 130 Å². The number of para-hydroxylation sites is 1. The number of carbonyl (C=O) groups is 1. The van der Waals surface area contributed by atoms with Crippen LogP contribution in [0.1, 0.15) is 10.4 Å². The van der Waals surface area contributed by atoms with E-state index in [-0.39, 0.29) is 23.8 Å². The van der Waals surface area contributed by atoms with E-state index in [2.05, 4.69) is 46.4 Å². The molecule has 4 N–H and O–H groups in total. The monoisotopic (exact) mass is 399 g/mol. The van der Waals surface area contributed by atoms with Crippen molar-refractivity contribution in [1.29, 1.82) is 0 Å². The molecule has 0 atom stereocenters. The zero-order chi connectivity index (χ0) is 20.6. The minimum atomic E-state index is -0.352. The van der Waals surface area contributed by atoms with Gasteiger partial charge in [0.05, 0.1) is 0 Å². The van der Waals surface area contributed by atoms with Crippen LogP contribution in [0.15, 0.2) is 79.3 Å². The zero-order valence-corrected chi connectivity index (χ0v) is 15.6. The molecule has 0 aliphatic rings. The molecule has 10 nitrogen and oxygen atoms in total. The maximum absolute atomic E-state index is 12.3. The molecule has 0 bridgehead atoms. The second-order valence-corrected chi connectivity index (χ2v) is 5.95. The number of benzene rings is 1. The summed E-state index contributed by atoms with van der Waals surface area (Å²) in [6, 6.07) is 18.1. The molecule has 1 aromatic carbocycles. The van der Waals surface area contributed by atoms with E-state index in [4.69, 9.17) is 0 Å². The summed E-state index contributed by atoms with van der Waals surface area (Å²) in [6.45, 7) is 0. The van der Waals surface area contributed by atoms with Gasteiger partial charge in [0.2, 0.25) is 17.8 Å². The molecule has 0 aliphatic heterocycles. The molecule has 0 spiro atoms. The van der Waals surface area contributed by atoms with Crippen molar-refractivity contribution in [2.24, 2.45) is 0 Å². The van der Waals surface area contributed by atoms with Crippen molar-refractivity contribution >= 4 is 35.3 Å². The van der Waals surface area contributed by atoms with E-state index in [1.54, 1.807) is 24.4 Å². The first kappa shape index (κ1) is 18.7. The van der Waals surface area contributed by atoms with Crippen LogP contribution in [0, 0.1) is 0 Å². The second kappa shape index (κ2) is 9.06. The summed E-state index contributed by atoms with van der Waals surface area (Å²) in [5.74, 6) is 0.901. The number of carbonyl (C=O) groups excluding carboxylic acids is 1. The van der Waals surface area contributed by atoms with Crippen LogP contribution in [0.5, 0.6) is 0 Å². The van der Waals surface area contributed by atoms with Crippen molar-refractivity contribution in [3.8, 4) is 0 Å². The van der Waals surface area contributed by atoms with E-state index in [0.717, 1.165) is 5.69 Å². The van der Waals surface area contributed by atoms with E-state index < -0.39 is 0 Å². The number of rotatable bonds is 7. The number of aromatic nitrogens is 5. The fraction of sp³-hybridized carbons (Fsp3) is 0. The molecule has 1 amide bonds. The molecule has 0 aliphatic carbocycles. The SMILES string of the molecule is O=C(NNc1nc(Nc2ccccc2)nc(Nc2ccccn2)n1)c1ccncc1. The molecule has 4 rings (SSSR count). The van der Waals surface area contributed by atoms with Gasteiger partial charge in [0.25, 0.3) is 5.91 Å². The summed E-state index contributed by atoms with van der Waals surface area (Å²) in [5.41, 5.74) is 6.52. The van der Waals surface area contributed by atoms with Crippen molar-refractivity contribution in [1.82, 2.24) is 30.3 Å². The predicted octanol–water partition coefficient (Wildman–Crippen LogP) is 2.91. The van der Waals surface area contributed by atoms with Gasteiger partial charge in [0.15, 0.2) is 0 Å². The first-order chi connectivity index (χ1) is 14.8. The molecule has 0 fully saturated rings. The van der Waals surface area contributed by atoms with Gasteiger partial charge in [-0.15, -0.1) is 0 Å². The average molecular weight is 399 g/mol. The third-order valence-electron chi connectivity index (χ3n) is 3.80. The molecule has 0 radical (unpaired) electrons. The van der Waals surface area contributed by atoms with E-state index in [0.29, 0.717) is 11.4 Å². The van der Waals surface area contributed by atoms with Gasteiger partial charge in [-0.2, -0.15) is 15.0 Å². The number of hydrogen-bond donors (Lipinski definition) is 4. The highest BCUT2D eigenvalue weighted by molar-refractivity contribution is 5.94. The van der Waals surface area contributed by atoms with Gasteiger partial charge < -0.3 is 10.6 Å². The van der Waals surface area contributed by atoms with Crippen molar-refractivity contribution in [3.05, 3.63) is 84.8 Å². The normalized spacial score (nSPS) is 10.1. The molecule has 0 unspecified atom stereocenters. The Morgan fingerprint density at radius 3 is 2.13 bits per heavy atom. The fourth-order valence-electron chi connectivity index (χ4n) is 2.43. The van der Waals surface area contributed by atoms with Crippen LogP contribution < -0.4 is 21.5 Å². The lowest BCUT2D eigenvalue weighted by Gasteiger charge is -2.11. The summed E-state index contributed by atoms with van der Waals surface area (Å²) < 4.78 is 0. The van der Waals surface area contributed by atoms with Gasteiger partial charge in [-0.1, -0.05) is 24.3 Å². The Labute approximate surface area is 171 Å². The number of nitrogens with zero attached hydrogens (tertiary/aromatic N) is 5. The summed E-state index contributed by atoms with van der Waals surface area (Å²) in [4.78, 5) is 33.3. The highest BCUT2D eigenvalue weighted by Crippen LogP contribution is 2.17. The molecule has 0 saturated carbocycles. The van der Waals surface area contributed by atoms with Crippen molar-refractivity contribution in [3.63, 3.8) is 0 Å². The van der Waals surface area contributed by atoms with Crippen LogP contribution in [0.3, 0.4) is 0 Å². The Balaban J connectivity index is 1.55. The van der Waals surface area contributed by atoms with Crippen molar-refractivity contribution < 1.29 is 4.79 Å². The average Bonchev–Trinajstić information content (AvgIpc) is 2.79. The van der Waals surface area contributed by atoms with Gasteiger partial charge in [-0.05, 0) is 36.4 Å². The molecule has 148 valence electrons. The van der Waals surface area contributed by atoms with Gasteiger partial charge >= 0.3 is 0 Å². The van der Waals surface area contributed by atoms with E-state index in [1.165, 1.54) is 12.4 Å². The van der Waals surface area contributed by atoms with Crippen molar-refractivity contribution in [2.45, 2.75) is 0 Å². The largest absolute Gasteiger partial charge is 0.324 e. The minimum absolute atomic E-state index is 0.143. The van der Waals surface area contributed by atoms with Gasteiger partial charge in [-0.3, -0.25) is 20.6 Å². The lowest BCUT2D eigenvalue weighted by molar-refractivity contribution is 0.0962. The number of anilines is 5. The molecular weight excluding hydrogens is 382 g/mol. The summed E-state index contributed by atoms with van der Waals surface area (Å²) in [7, 11) is 0. The third-order valence-corrected chi connectivity index (χ3v) is 3.80. The highest BCUT2D eigenvalue weighted by atomic mass is 16.2. The Kier molecular flexibility index (Phi) is 5.66. The fourth-order valence-corrected chi connectivity index (χ4v) is 2.43. The van der Waals surface area contributed by atoms with E-state index in [9.17, 15) is 4.79 Å². The van der Waals surface area contributed by atoms with Gasteiger partial charge in [0, 0.05) is 29.8 Å². The lowest BCUT2D eigenvalue weighted by Crippen LogP contribution is -2.30. The molecular formula is C20H17N9O. The first-order valence-corrected chi connectivity index (χ1v) is 8.99. The summed E-state index contributed by atoms with van der Waals surface area (Å²) in [5, 5.41) is 6.12. The number of amides is 1. The minimum Gasteiger partial charge on any atom is -0.324 e. The maximum atomic E-state index is 12.3. The van der Waals surface area contributed by atoms with Crippen LogP contribution in [0.4, 0.5) is 29.4 Å². The Morgan fingerprint density at radius 2 is 1.40 bits per heavy atom. The van der Waals surface area contributed by atoms with E-state index >= 15 is 0 Å². The van der Waals surface area contributed by atoms with Crippen LogP contribution in [-0.2, 0) is 0 Å². The standard InChI is InChI=1S/C20H17N9O/c30-17(14-9-12-21-13-10-14)28-29-20-26-18(23-15-6-2-1-3-7-15)25-19(27-20)24-16-8-4-5-11-22-16/h1-13H,(H,28,30)(H3,22,23,24,25,26,27,29). The van der Waals surface area contributed by atoms with Gasteiger partial charge in [-0.25, -0.2) is 4.98 Å². The number of pyridine rings is 2. The Bertz CT molecular complexity index is 1050. The number of hydrogen-bond acceptors (Lipinski definition) is 9. The van der Waals surface area contributed by atoms with Crippen LogP contribution in [0.25, 0.3) is 0 Å². The smallest absolute Gasteiger partial charge is 0.269 e. The molecule has 0 saturated heterocycles. The number of nitrogens with one attached hydrogen (secondary N) is 4. The second-order valence-electron chi connectivity index (χ2n) is 5.95. The predicted molar refractivity (Wildman–Crippen MR) is 112 cm³/mol. The Hall–Kier alpha value is -4.60. The molecule has 3 aromatic heterocycles. The maximum Gasteiger partial charge on any atom is 0.269 e. The molecule has 3 heterocycles. The lowest BCUT2D eigenvalue weighted by atomic mass is 10.3. The highest BCUT2D eigenvalue weighted by Gasteiger charge is 2.10. The van der Waals surface area contributed by atoms with Gasteiger partial charge in [0.1, 0.15) is 5.82 Å². The first-order valence-electron chi connectivity index (χ1n) is 8.99. The molecule has 10 heteroatoms. The third kappa shape index (κ3) is 5.01. The molecule has 30 heavy (non-hydrogen) atoms. The van der Waals surface area contributed by atoms with Crippen LogP contribution in [-0.4, -0.2) is 30.8 Å². The van der Waals surface area contributed by atoms with Crippen molar-refractivity contribution in [2.75, 3.05) is 16.1 Å². The Morgan fingerprint density at radius 1 is 0.700 bits per heavy atom. The summed E-state index contributed by atoms with van der Waals surface area (Å²) in [6.07, 6.45) is 4.73. The van der Waals surface area contributed by atoms with Crippen LogP contribution >= 0.6 is 0 Å². The van der Waals surface area contributed by atoms with Crippen LogP contribution in [0.2, 0.25) is 0 Å². The van der Waals surface area contributed by atoms with E-state index in [1.807, 2.05) is 42.5 Å². The summed E-state index contributed by atoms with van der Waals surface area (Å²) >= 11 is 0. The zero-order valence-electron chi connectivity index (χ0n) is 15.6. The molecule has 4 aromatic rings. The quantitative estimate of drug-likeness (QED) is 0.347.